The Morgan fingerprint density at radius 1 is 1.00 bits per heavy atom. The summed E-state index contributed by atoms with van der Waals surface area (Å²) in [5.74, 6) is -0.177. The summed E-state index contributed by atoms with van der Waals surface area (Å²) in [6, 6.07) is 18.6. The van der Waals surface area contributed by atoms with Crippen molar-refractivity contribution in [2.75, 3.05) is 18.2 Å². The second kappa shape index (κ2) is 10.6. The molecule has 4 N–H and O–H groups in total. The summed E-state index contributed by atoms with van der Waals surface area (Å²) in [7, 11) is -3.57. The van der Waals surface area contributed by atoms with Gasteiger partial charge < -0.3 is 25.4 Å². The number of hydrogen-bond acceptors (Lipinski definition) is 9. The van der Waals surface area contributed by atoms with Crippen LogP contribution < -0.4 is 45.3 Å². The summed E-state index contributed by atoms with van der Waals surface area (Å²) in [4.78, 5) is -0.691. The van der Waals surface area contributed by atoms with E-state index < -0.39 is 26.5 Å². The van der Waals surface area contributed by atoms with Gasteiger partial charge in [-0.2, -0.15) is 0 Å². The van der Waals surface area contributed by atoms with Crippen LogP contribution in [0.3, 0.4) is 0 Å². The molecule has 0 fully saturated rings. The van der Waals surface area contributed by atoms with E-state index in [1.165, 1.54) is 13.2 Å². The van der Waals surface area contributed by atoms with Crippen molar-refractivity contribution in [3.63, 3.8) is 0 Å². The van der Waals surface area contributed by atoms with Gasteiger partial charge in [0, 0.05) is 28.5 Å². The van der Waals surface area contributed by atoms with Crippen LogP contribution in [0.25, 0.3) is 10.8 Å². The molecule has 174 valence electrons. The van der Waals surface area contributed by atoms with Crippen molar-refractivity contribution in [3.8, 4) is 11.5 Å². The number of para-hydroxylation sites is 1. The van der Waals surface area contributed by atoms with Crippen molar-refractivity contribution in [3.05, 3.63) is 72.3 Å². The Hall–Kier alpha value is -3.15. The van der Waals surface area contributed by atoms with Crippen LogP contribution in [0, 0.1) is 6.92 Å². The number of fused-ring (bicyclic) bond motifs is 1. The molecule has 9 nitrogen and oxygen atoms in total. The van der Waals surface area contributed by atoms with Crippen LogP contribution in [0.1, 0.15) is 5.56 Å². The van der Waals surface area contributed by atoms with Crippen molar-refractivity contribution in [1.29, 1.82) is 0 Å². The van der Waals surface area contributed by atoms with Gasteiger partial charge in [0.05, 0.1) is 12.0 Å². The van der Waals surface area contributed by atoms with Gasteiger partial charge in [-0.25, -0.2) is 8.42 Å². The van der Waals surface area contributed by atoms with E-state index in [0.717, 1.165) is 5.69 Å². The molecule has 0 aliphatic rings. The summed E-state index contributed by atoms with van der Waals surface area (Å²) in [6.07, 6.45) is 0. The summed E-state index contributed by atoms with van der Waals surface area (Å²) in [5, 5.41) is 22.6. The molecule has 0 aromatic heterocycles. The molecule has 0 aliphatic carbocycles. The van der Waals surface area contributed by atoms with Gasteiger partial charge in [0.25, 0.3) is 0 Å². The number of aromatic hydroxyl groups is 1. The van der Waals surface area contributed by atoms with E-state index in [1.807, 2.05) is 30.3 Å². The molecule has 0 radical (unpaired) electrons. The fourth-order valence-corrected chi connectivity index (χ4v) is 4.08. The van der Waals surface area contributed by atoms with Crippen LogP contribution in [0.5, 0.6) is 11.5 Å². The van der Waals surface area contributed by atoms with Gasteiger partial charge in [0.15, 0.2) is 5.75 Å². The van der Waals surface area contributed by atoms with Crippen molar-refractivity contribution in [2.45, 2.75) is 11.8 Å². The van der Waals surface area contributed by atoms with Crippen molar-refractivity contribution in [1.82, 2.24) is 0 Å². The molecule has 4 aromatic carbocycles. The number of phenolic OH excluding ortho intramolecular Hbond substituents is 1. The van der Waals surface area contributed by atoms with Crippen LogP contribution >= 0.6 is 0 Å². The minimum absolute atomic E-state index is 0. The molecule has 0 bridgehead atoms. The molecule has 0 saturated heterocycles. The number of hydrogen-bond donors (Lipinski definition) is 3. The zero-order chi connectivity index (χ0) is 24.5. The molecule has 11 heteroatoms. The molecule has 0 atom stereocenters. The predicted molar refractivity (Wildman–Crippen MR) is 130 cm³/mol. The molecule has 0 spiro atoms. The smallest absolute Gasteiger partial charge is 0.744 e. The Morgan fingerprint density at radius 2 is 1.71 bits per heavy atom. The first-order valence-electron chi connectivity index (χ1n) is 10.1. The number of nitrogen functional groups attached to an aromatic ring is 1. The minimum Gasteiger partial charge on any atom is -0.744 e. The number of ether oxygens (including phenoxy) is 1. The van der Waals surface area contributed by atoms with Crippen LogP contribution in [0.4, 0.5) is 28.4 Å². The number of phenols is 1. The average molecular weight is 501 g/mol. The Labute approximate surface area is 224 Å². The van der Waals surface area contributed by atoms with Gasteiger partial charge in [-0.1, -0.05) is 18.2 Å². The average Bonchev–Trinajstić information content (AvgIpc) is 2.80. The number of methoxy groups -OCH3 is 1. The second-order valence-electron chi connectivity index (χ2n) is 7.53. The van der Waals surface area contributed by atoms with Crippen molar-refractivity contribution < 1.29 is 52.4 Å². The zero-order valence-corrected chi connectivity index (χ0v) is 22.1. The quantitative estimate of drug-likeness (QED) is 0.159. The maximum atomic E-state index is 12.0. The fraction of sp³-hybridized carbons (Fsp3) is 0.0833. The van der Waals surface area contributed by atoms with Gasteiger partial charge in [-0.05, 0) is 60.3 Å². The standard InChI is InChI=1S/C24H22N4O5S.Na/c1-14-10-20(21(33-2)13-19(14)25)27-28-23-22(34(30,31)32)12-15-11-17(8-9-18(15)24(23)29)26-16-6-4-3-5-7-16;/h3-13,26,29H,25H2,1-2H3,(H,30,31,32);/q;+1/p-1. The van der Waals surface area contributed by atoms with Gasteiger partial charge in [-0.15, -0.1) is 10.2 Å². The largest absolute Gasteiger partial charge is 1.00 e. The maximum absolute atomic E-state index is 12.0. The molecule has 0 amide bonds. The van der Waals surface area contributed by atoms with E-state index in [4.69, 9.17) is 10.5 Å². The normalized spacial score (nSPS) is 11.4. The van der Waals surface area contributed by atoms with Gasteiger partial charge in [0.2, 0.25) is 0 Å². The minimum atomic E-state index is -4.99. The number of nitrogens with two attached hydrogens (primary N) is 1. The number of aryl methyl sites for hydroxylation is 1. The Balaban J connectivity index is 0.00000342. The fourth-order valence-electron chi connectivity index (χ4n) is 3.44. The first-order valence-corrected chi connectivity index (χ1v) is 11.5. The first kappa shape index (κ1) is 26.5. The number of nitrogens with one attached hydrogen (secondary N) is 1. The Bertz CT molecular complexity index is 1530. The first-order chi connectivity index (χ1) is 16.2. The van der Waals surface area contributed by atoms with Gasteiger partial charge >= 0.3 is 29.6 Å². The summed E-state index contributed by atoms with van der Waals surface area (Å²) < 4.78 is 41.3. The second-order valence-corrected chi connectivity index (χ2v) is 8.88. The van der Waals surface area contributed by atoms with E-state index in [2.05, 4.69) is 15.5 Å². The topological polar surface area (TPSA) is 149 Å². The van der Waals surface area contributed by atoms with E-state index in [-0.39, 0.29) is 35.2 Å². The molecule has 0 saturated carbocycles. The summed E-state index contributed by atoms with van der Waals surface area (Å²) in [6.45, 7) is 1.76. The van der Waals surface area contributed by atoms with Crippen LogP contribution in [0.15, 0.2) is 81.9 Å². The summed E-state index contributed by atoms with van der Waals surface area (Å²) >= 11 is 0. The molecule has 4 aromatic rings. The van der Waals surface area contributed by atoms with E-state index >= 15 is 0 Å². The van der Waals surface area contributed by atoms with E-state index in [9.17, 15) is 18.1 Å². The van der Waals surface area contributed by atoms with Crippen LogP contribution in [-0.2, 0) is 10.1 Å². The number of rotatable bonds is 6. The monoisotopic (exact) mass is 500 g/mol. The maximum Gasteiger partial charge on any atom is 1.00 e. The molecule has 0 aliphatic heterocycles. The number of benzene rings is 4. The number of azo groups is 1. The molecule has 0 unspecified atom stereocenters. The van der Waals surface area contributed by atoms with Crippen molar-refractivity contribution in [2.24, 2.45) is 10.2 Å². The number of nitrogens with zero attached hydrogens (tertiary/aromatic N) is 2. The molecule has 35 heavy (non-hydrogen) atoms. The Morgan fingerprint density at radius 3 is 2.37 bits per heavy atom. The van der Waals surface area contributed by atoms with Crippen LogP contribution in [0.2, 0.25) is 0 Å². The zero-order valence-electron chi connectivity index (χ0n) is 19.3. The molecule has 4 rings (SSSR count). The molecular weight excluding hydrogens is 479 g/mol. The third-order valence-corrected chi connectivity index (χ3v) is 6.06. The molecule has 0 heterocycles. The van der Waals surface area contributed by atoms with Gasteiger partial charge in [-0.3, -0.25) is 0 Å². The Kier molecular flexibility index (Phi) is 8.04. The third kappa shape index (κ3) is 5.75. The van der Waals surface area contributed by atoms with E-state index in [1.54, 1.807) is 37.3 Å². The van der Waals surface area contributed by atoms with Gasteiger partial charge in [0.1, 0.15) is 27.2 Å². The number of anilines is 3. The summed E-state index contributed by atoms with van der Waals surface area (Å²) in [5.41, 5.74) is 8.32. The van der Waals surface area contributed by atoms with E-state index in [0.29, 0.717) is 33.5 Å². The van der Waals surface area contributed by atoms with Crippen molar-refractivity contribution >= 4 is 49.3 Å². The van der Waals surface area contributed by atoms with Crippen LogP contribution in [-0.4, -0.2) is 25.2 Å². The third-order valence-electron chi connectivity index (χ3n) is 5.21. The SMILES string of the molecule is COc1cc(N)c(C)cc1N=Nc1c(S(=O)(=O)[O-])cc2cc(Nc3ccccc3)ccc2c1O.[Na+]. The predicted octanol–water partition coefficient (Wildman–Crippen LogP) is 2.51. The molecular formula is C24H21N4NaO5S.